The van der Waals surface area contributed by atoms with E-state index in [0.717, 1.165) is 4.47 Å². The van der Waals surface area contributed by atoms with Crippen molar-refractivity contribution in [3.05, 3.63) is 22.7 Å². The first-order valence-electron chi connectivity index (χ1n) is 5.32. The third-order valence-corrected chi connectivity index (χ3v) is 5.98. The Morgan fingerprint density at radius 3 is 2.65 bits per heavy atom. The largest absolute Gasteiger partial charge is 0.327 e. The average molecular weight is 317 g/mol. The van der Waals surface area contributed by atoms with Crippen LogP contribution in [0.15, 0.2) is 22.7 Å². The van der Waals surface area contributed by atoms with Gasteiger partial charge in [0.1, 0.15) is 0 Å². The summed E-state index contributed by atoms with van der Waals surface area (Å²) in [5, 5.41) is 3.46. The maximum absolute atomic E-state index is 12.8. The van der Waals surface area contributed by atoms with Crippen molar-refractivity contribution < 1.29 is 9.36 Å². The number of anilines is 1. The number of carbonyl (C=O) groups excluding carboxylic acids is 1. The highest BCUT2D eigenvalue weighted by molar-refractivity contribution is 9.10. The van der Waals surface area contributed by atoms with E-state index in [9.17, 15) is 9.36 Å². The van der Waals surface area contributed by atoms with Crippen LogP contribution in [0, 0.1) is 0 Å². The predicted octanol–water partition coefficient (Wildman–Crippen LogP) is 3.24. The normalized spacial score (nSPS) is 23.6. The minimum atomic E-state index is -2.83. The quantitative estimate of drug-likeness (QED) is 0.809. The number of hydrogen-bond acceptors (Lipinski definition) is 2. The number of halogens is 1. The molecule has 17 heavy (non-hydrogen) atoms. The van der Waals surface area contributed by atoms with Gasteiger partial charge in [0.15, 0.2) is 0 Å². The topological polar surface area (TPSA) is 49.4 Å². The first kappa shape index (κ1) is 12.7. The molecular weight excluding hydrogens is 303 g/mol. The maximum Gasteiger partial charge on any atom is 0.327 e. The minimum absolute atomic E-state index is 0.0991. The van der Waals surface area contributed by atoms with Gasteiger partial charge in [-0.1, -0.05) is 15.9 Å². The molecule has 1 unspecified atom stereocenters. The van der Waals surface area contributed by atoms with Crippen LogP contribution >= 0.6 is 23.2 Å². The number of rotatable bonds is 1. The monoisotopic (exact) mass is 316 g/mol. The first-order valence-corrected chi connectivity index (χ1v) is 8.22. The molecule has 0 aliphatic carbocycles. The van der Waals surface area contributed by atoms with Crippen molar-refractivity contribution in [3.63, 3.8) is 0 Å². The fourth-order valence-corrected chi connectivity index (χ4v) is 5.10. The molecule has 2 amide bonds. The molecule has 0 radical (unpaired) electrons. The van der Waals surface area contributed by atoms with E-state index >= 15 is 0 Å². The van der Waals surface area contributed by atoms with Crippen molar-refractivity contribution >= 4 is 40.2 Å². The number of nitrogens with one attached hydrogen (secondary N) is 1. The molecule has 1 aliphatic rings. The van der Waals surface area contributed by atoms with Gasteiger partial charge in [-0.2, -0.15) is 0 Å². The summed E-state index contributed by atoms with van der Waals surface area (Å²) in [6.07, 6.45) is 0. The molecule has 1 atom stereocenters. The van der Waals surface area contributed by atoms with E-state index in [2.05, 4.69) is 21.2 Å². The summed E-state index contributed by atoms with van der Waals surface area (Å²) in [5.41, 5.74) is 0.640. The molecule has 1 N–H and O–H groups in total. The summed E-state index contributed by atoms with van der Waals surface area (Å²) in [7, 11) is -2.83. The zero-order valence-electron chi connectivity index (χ0n) is 9.90. The number of urea groups is 1. The second-order valence-corrected chi connectivity index (χ2v) is 8.00. The first-order chi connectivity index (χ1) is 7.84. The van der Waals surface area contributed by atoms with Crippen LogP contribution in [0.25, 0.3) is 0 Å². The molecule has 0 bridgehead atoms. The molecule has 0 fully saturated rings. The molecule has 1 heterocycles. The molecule has 2 rings (SSSR count). The average Bonchev–Trinajstić information content (AvgIpc) is 2.18. The van der Waals surface area contributed by atoms with Gasteiger partial charge in [-0.25, -0.2) is 4.79 Å². The zero-order chi connectivity index (χ0) is 12.8. The summed E-state index contributed by atoms with van der Waals surface area (Å²) in [6.45, 7) is 5.36. The van der Waals surface area contributed by atoms with Gasteiger partial charge >= 0.3 is 6.03 Å². The lowest BCUT2D eigenvalue weighted by Gasteiger charge is -2.37. The van der Waals surface area contributed by atoms with Gasteiger partial charge < -0.3 is 5.32 Å². The molecule has 0 saturated heterocycles. The smallest absolute Gasteiger partial charge is 0.307 e. The van der Waals surface area contributed by atoms with Crippen LogP contribution in [-0.2, 0) is 4.57 Å². The Balaban J connectivity index is 2.63. The molecule has 0 spiro atoms. The Kier molecular flexibility index (Phi) is 3.08. The van der Waals surface area contributed by atoms with Gasteiger partial charge in [-0.3, -0.25) is 9.24 Å². The Morgan fingerprint density at radius 1 is 1.41 bits per heavy atom. The molecule has 4 nitrogen and oxygen atoms in total. The van der Waals surface area contributed by atoms with E-state index in [1.54, 1.807) is 12.7 Å². The number of nitrogens with zero attached hydrogens (tertiary/aromatic N) is 1. The summed E-state index contributed by atoms with van der Waals surface area (Å²) >= 11 is 3.36. The fraction of sp³-hybridized carbons (Fsp3) is 0.364. The fourth-order valence-electron chi connectivity index (χ4n) is 2.09. The van der Waals surface area contributed by atoms with Crippen molar-refractivity contribution in [1.29, 1.82) is 0 Å². The Labute approximate surface area is 109 Å². The van der Waals surface area contributed by atoms with Gasteiger partial charge in [0.05, 0.1) is 11.0 Å². The number of benzene rings is 1. The van der Waals surface area contributed by atoms with Gasteiger partial charge in [0.2, 0.25) is 7.29 Å². The Morgan fingerprint density at radius 2 is 2.06 bits per heavy atom. The van der Waals surface area contributed by atoms with E-state index in [-0.39, 0.29) is 12.1 Å². The van der Waals surface area contributed by atoms with Crippen LogP contribution in [0.5, 0.6) is 0 Å². The highest BCUT2D eigenvalue weighted by Crippen LogP contribution is 2.51. The van der Waals surface area contributed by atoms with E-state index in [1.165, 1.54) is 4.67 Å². The van der Waals surface area contributed by atoms with Gasteiger partial charge in [-0.05, 0) is 32.0 Å². The van der Waals surface area contributed by atoms with Gasteiger partial charge in [-0.15, -0.1) is 0 Å². The lowest BCUT2D eigenvalue weighted by Crippen LogP contribution is -2.44. The van der Waals surface area contributed by atoms with Crippen LogP contribution in [0.3, 0.4) is 0 Å². The van der Waals surface area contributed by atoms with Crippen molar-refractivity contribution in [2.24, 2.45) is 0 Å². The lowest BCUT2D eigenvalue weighted by atomic mass is 10.3. The summed E-state index contributed by atoms with van der Waals surface area (Å²) in [5.74, 6) is 0. The van der Waals surface area contributed by atoms with Crippen molar-refractivity contribution in [1.82, 2.24) is 4.67 Å². The standard InChI is InChI=1S/C11H14BrN2O2P/c1-7(2)14-11(15)13-9-5-4-8(12)6-10(9)17(14,3)16/h4-7H,1-3H3,(H,13,15). The SMILES string of the molecule is CC(C)N1C(=O)Nc2ccc(Br)cc2P1(C)=O. The third kappa shape index (κ3) is 2.02. The maximum atomic E-state index is 12.8. The molecule has 6 heteroatoms. The molecule has 1 aromatic rings. The van der Waals surface area contributed by atoms with Crippen LogP contribution in [-0.4, -0.2) is 23.4 Å². The van der Waals surface area contributed by atoms with Gasteiger partial charge in [0.25, 0.3) is 0 Å². The van der Waals surface area contributed by atoms with Crippen molar-refractivity contribution in [3.8, 4) is 0 Å². The van der Waals surface area contributed by atoms with Crippen LogP contribution in [0.2, 0.25) is 0 Å². The molecule has 1 aliphatic heterocycles. The van der Waals surface area contributed by atoms with E-state index in [4.69, 9.17) is 0 Å². The number of amides is 2. The Hall–Kier alpha value is -0.800. The van der Waals surface area contributed by atoms with Crippen LogP contribution in [0.1, 0.15) is 13.8 Å². The number of carbonyl (C=O) groups is 1. The van der Waals surface area contributed by atoms with Crippen molar-refractivity contribution in [2.75, 3.05) is 12.0 Å². The summed E-state index contributed by atoms with van der Waals surface area (Å²) in [6, 6.07) is 5.01. The van der Waals surface area contributed by atoms with Crippen LogP contribution < -0.4 is 10.6 Å². The lowest BCUT2D eigenvalue weighted by molar-refractivity contribution is 0.229. The summed E-state index contributed by atoms with van der Waals surface area (Å²) in [4.78, 5) is 11.9. The Bertz CT molecular complexity index is 530. The zero-order valence-corrected chi connectivity index (χ0v) is 12.4. The van der Waals surface area contributed by atoms with E-state index in [1.807, 2.05) is 26.0 Å². The van der Waals surface area contributed by atoms with Crippen LogP contribution in [0.4, 0.5) is 10.5 Å². The third-order valence-electron chi connectivity index (χ3n) is 2.76. The second kappa shape index (κ2) is 4.14. The molecule has 0 aromatic heterocycles. The number of hydrogen-bond donors (Lipinski definition) is 1. The van der Waals surface area contributed by atoms with Gasteiger partial charge in [0, 0.05) is 17.2 Å². The van der Waals surface area contributed by atoms with E-state index in [0.29, 0.717) is 11.0 Å². The summed E-state index contributed by atoms with van der Waals surface area (Å²) < 4.78 is 15.1. The number of fused-ring (bicyclic) bond motifs is 1. The highest BCUT2D eigenvalue weighted by Gasteiger charge is 2.39. The highest BCUT2D eigenvalue weighted by atomic mass is 79.9. The molecular formula is C11H14BrN2O2P. The molecule has 0 saturated carbocycles. The molecule has 92 valence electrons. The minimum Gasteiger partial charge on any atom is -0.307 e. The second-order valence-electron chi connectivity index (χ2n) is 4.41. The molecule has 1 aromatic carbocycles. The van der Waals surface area contributed by atoms with Crippen molar-refractivity contribution in [2.45, 2.75) is 19.9 Å². The van der Waals surface area contributed by atoms with E-state index < -0.39 is 7.29 Å². The predicted molar refractivity (Wildman–Crippen MR) is 73.3 cm³/mol.